The number of aromatic nitrogens is 2. The molecule has 3 aromatic rings. The molecular weight excluding hydrogens is 352 g/mol. The molecule has 0 aliphatic carbocycles. The number of hydrogen-bond acceptors (Lipinski definition) is 4. The molecule has 6 heteroatoms. The van der Waals surface area contributed by atoms with Crippen LogP contribution in [0.3, 0.4) is 0 Å². The molecular formula is C22H26N4O2. The highest BCUT2D eigenvalue weighted by atomic mass is 16.5. The Bertz CT molecular complexity index is 956. The van der Waals surface area contributed by atoms with E-state index in [9.17, 15) is 4.79 Å². The van der Waals surface area contributed by atoms with E-state index in [2.05, 4.69) is 22.2 Å². The molecule has 146 valence electrons. The first kappa shape index (κ1) is 18.5. The van der Waals surface area contributed by atoms with Gasteiger partial charge in [0, 0.05) is 31.2 Å². The van der Waals surface area contributed by atoms with Gasteiger partial charge in [-0.15, -0.1) is 0 Å². The van der Waals surface area contributed by atoms with Crippen LogP contribution in [0.5, 0.6) is 5.75 Å². The molecule has 1 aliphatic heterocycles. The fraction of sp³-hybridized carbons (Fsp3) is 0.364. The number of ether oxygens (including phenoxy) is 1. The summed E-state index contributed by atoms with van der Waals surface area (Å²) in [6, 6.07) is 11.6. The maximum atomic E-state index is 12.5. The third-order valence-corrected chi connectivity index (χ3v) is 5.26. The van der Waals surface area contributed by atoms with Gasteiger partial charge in [0.1, 0.15) is 17.5 Å². The van der Waals surface area contributed by atoms with Gasteiger partial charge in [0.25, 0.3) is 0 Å². The normalized spacial score (nSPS) is 15.6. The summed E-state index contributed by atoms with van der Waals surface area (Å²) in [6.45, 7) is 4.16. The lowest BCUT2D eigenvalue weighted by Crippen LogP contribution is -2.35. The Morgan fingerprint density at radius 3 is 2.71 bits per heavy atom. The molecule has 1 fully saturated rings. The lowest BCUT2D eigenvalue weighted by atomic mass is 10.1. The predicted molar refractivity (Wildman–Crippen MR) is 110 cm³/mol. The van der Waals surface area contributed by atoms with Gasteiger partial charge < -0.3 is 19.4 Å². The lowest BCUT2D eigenvalue weighted by molar-refractivity contribution is -0.115. The third-order valence-electron chi connectivity index (χ3n) is 5.26. The summed E-state index contributed by atoms with van der Waals surface area (Å²) in [5.74, 6) is 0.789. The van der Waals surface area contributed by atoms with Crippen LogP contribution in [0.1, 0.15) is 24.1 Å². The molecule has 0 atom stereocenters. The number of carbonyl (C=O) groups excluding carboxylic acids is 1. The Morgan fingerprint density at radius 1 is 1.21 bits per heavy atom. The molecule has 4 rings (SSSR count). The van der Waals surface area contributed by atoms with Crippen molar-refractivity contribution in [3.8, 4) is 5.75 Å². The average molecular weight is 378 g/mol. The van der Waals surface area contributed by atoms with Gasteiger partial charge in [-0.1, -0.05) is 6.07 Å². The minimum absolute atomic E-state index is 0.0627. The number of fused-ring (bicyclic) bond motifs is 1. The van der Waals surface area contributed by atoms with Crippen LogP contribution in [-0.4, -0.2) is 46.4 Å². The van der Waals surface area contributed by atoms with Gasteiger partial charge in [-0.2, -0.15) is 0 Å². The van der Waals surface area contributed by atoms with Crippen LogP contribution in [0.4, 0.5) is 5.69 Å². The Balaban J connectivity index is 1.35. The number of benzene rings is 1. The fourth-order valence-electron chi connectivity index (χ4n) is 3.61. The van der Waals surface area contributed by atoms with Gasteiger partial charge in [0.05, 0.1) is 12.1 Å². The van der Waals surface area contributed by atoms with Gasteiger partial charge in [-0.25, -0.2) is 4.98 Å². The van der Waals surface area contributed by atoms with E-state index in [4.69, 9.17) is 4.74 Å². The summed E-state index contributed by atoms with van der Waals surface area (Å²) < 4.78 is 8.02. The predicted octanol–water partition coefficient (Wildman–Crippen LogP) is 3.30. The van der Waals surface area contributed by atoms with Crippen molar-refractivity contribution in [3.63, 3.8) is 0 Å². The Morgan fingerprint density at radius 2 is 1.96 bits per heavy atom. The van der Waals surface area contributed by atoms with E-state index >= 15 is 0 Å². The highest BCUT2D eigenvalue weighted by molar-refractivity contribution is 5.92. The molecule has 1 N–H and O–H groups in total. The van der Waals surface area contributed by atoms with E-state index in [0.29, 0.717) is 0 Å². The van der Waals surface area contributed by atoms with E-state index in [1.807, 2.05) is 53.9 Å². The summed E-state index contributed by atoms with van der Waals surface area (Å²) >= 11 is 0. The first-order valence-corrected chi connectivity index (χ1v) is 9.75. The van der Waals surface area contributed by atoms with E-state index in [1.165, 1.54) is 0 Å². The first-order chi connectivity index (χ1) is 13.6. The van der Waals surface area contributed by atoms with Crippen LogP contribution in [0.15, 0.2) is 48.8 Å². The summed E-state index contributed by atoms with van der Waals surface area (Å²) in [7, 11) is 2.14. The highest BCUT2D eigenvalue weighted by Crippen LogP contribution is 2.21. The van der Waals surface area contributed by atoms with Crippen LogP contribution in [0, 0.1) is 6.92 Å². The topological polar surface area (TPSA) is 58.9 Å². The van der Waals surface area contributed by atoms with Crippen LogP contribution in [0.2, 0.25) is 0 Å². The molecule has 1 amide bonds. The minimum Gasteiger partial charge on any atom is -0.490 e. The zero-order valence-corrected chi connectivity index (χ0v) is 16.4. The Kier molecular flexibility index (Phi) is 5.30. The molecule has 28 heavy (non-hydrogen) atoms. The van der Waals surface area contributed by atoms with Gasteiger partial charge in [0.15, 0.2) is 0 Å². The zero-order valence-electron chi connectivity index (χ0n) is 16.4. The molecule has 1 saturated heterocycles. The van der Waals surface area contributed by atoms with E-state index in [-0.39, 0.29) is 18.4 Å². The van der Waals surface area contributed by atoms with Crippen molar-refractivity contribution in [1.29, 1.82) is 0 Å². The molecule has 6 nitrogen and oxygen atoms in total. The minimum atomic E-state index is -0.0627. The second-order valence-electron chi connectivity index (χ2n) is 7.50. The van der Waals surface area contributed by atoms with Crippen LogP contribution < -0.4 is 10.1 Å². The van der Waals surface area contributed by atoms with Crippen LogP contribution in [0.25, 0.3) is 5.65 Å². The Labute approximate surface area is 165 Å². The number of anilines is 1. The van der Waals surface area contributed by atoms with Crippen molar-refractivity contribution < 1.29 is 9.53 Å². The molecule has 0 unspecified atom stereocenters. The third kappa shape index (κ3) is 4.17. The van der Waals surface area contributed by atoms with Gasteiger partial charge in [-0.3, -0.25) is 4.79 Å². The summed E-state index contributed by atoms with van der Waals surface area (Å²) in [6.07, 6.45) is 6.35. The highest BCUT2D eigenvalue weighted by Gasteiger charge is 2.18. The SMILES string of the molecule is Cc1cccn2c(CC(=O)Nc3ccc(OC4CCN(C)CC4)cc3)cnc12. The van der Waals surface area contributed by atoms with Crippen LogP contribution in [-0.2, 0) is 11.2 Å². The summed E-state index contributed by atoms with van der Waals surface area (Å²) in [5.41, 5.74) is 3.62. The van der Waals surface area contributed by atoms with E-state index < -0.39 is 0 Å². The number of hydrogen-bond donors (Lipinski definition) is 1. The zero-order chi connectivity index (χ0) is 19.5. The maximum Gasteiger partial charge on any atom is 0.230 e. The second kappa shape index (κ2) is 8.02. The van der Waals surface area contributed by atoms with Crippen molar-refractivity contribution in [2.24, 2.45) is 0 Å². The number of carbonyl (C=O) groups is 1. The van der Waals surface area contributed by atoms with Gasteiger partial charge in [0.2, 0.25) is 5.91 Å². The molecule has 1 aliphatic rings. The molecule has 2 aromatic heterocycles. The number of likely N-dealkylation sites (tertiary alicyclic amines) is 1. The molecule has 0 saturated carbocycles. The number of nitrogens with zero attached hydrogens (tertiary/aromatic N) is 3. The number of pyridine rings is 1. The number of aryl methyl sites for hydroxylation is 1. The monoisotopic (exact) mass is 378 g/mol. The van der Waals surface area contributed by atoms with Gasteiger partial charge >= 0.3 is 0 Å². The summed E-state index contributed by atoms with van der Waals surface area (Å²) in [4.78, 5) is 19.2. The van der Waals surface area contributed by atoms with Crippen molar-refractivity contribution in [1.82, 2.24) is 14.3 Å². The Hall–Kier alpha value is -2.86. The molecule has 0 bridgehead atoms. The first-order valence-electron chi connectivity index (χ1n) is 9.75. The molecule has 0 spiro atoms. The number of imidazole rings is 1. The molecule has 0 radical (unpaired) electrons. The van der Waals surface area contributed by atoms with Crippen LogP contribution >= 0.6 is 0 Å². The van der Waals surface area contributed by atoms with Crippen molar-refractivity contribution in [3.05, 3.63) is 60.0 Å². The quantitative estimate of drug-likeness (QED) is 0.740. The maximum absolute atomic E-state index is 12.5. The largest absolute Gasteiger partial charge is 0.490 e. The second-order valence-corrected chi connectivity index (χ2v) is 7.50. The standard InChI is InChI=1S/C22H26N4O2/c1-16-4-3-11-26-18(15-23-22(16)26)14-21(27)24-17-5-7-19(8-6-17)28-20-9-12-25(2)13-10-20/h3-8,11,15,20H,9-10,12-14H2,1-2H3,(H,24,27). The fourth-order valence-corrected chi connectivity index (χ4v) is 3.61. The number of piperidine rings is 1. The molecule has 3 heterocycles. The number of amides is 1. The smallest absolute Gasteiger partial charge is 0.230 e. The van der Waals surface area contributed by atoms with E-state index in [1.54, 1.807) is 6.20 Å². The van der Waals surface area contributed by atoms with Crippen molar-refractivity contribution >= 4 is 17.2 Å². The number of nitrogens with one attached hydrogen (secondary N) is 1. The number of rotatable bonds is 5. The van der Waals surface area contributed by atoms with Crippen molar-refractivity contribution in [2.45, 2.75) is 32.3 Å². The van der Waals surface area contributed by atoms with Gasteiger partial charge in [-0.05, 0) is 62.7 Å². The summed E-state index contributed by atoms with van der Waals surface area (Å²) in [5, 5.41) is 2.95. The van der Waals surface area contributed by atoms with E-state index in [0.717, 1.165) is 54.3 Å². The van der Waals surface area contributed by atoms with Crippen molar-refractivity contribution in [2.75, 3.05) is 25.5 Å². The lowest BCUT2D eigenvalue weighted by Gasteiger charge is -2.29. The average Bonchev–Trinajstić information content (AvgIpc) is 3.09. The molecule has 1 aromatic carbocycles.